The first-order valence-corrected chi connectivity index (χ1v) is 10.8. The fourth-order valence-electron chi connectivity index (χ4n) is 3.21. The van der Waals surface area contributed by atoms with E-state index in [9.17, 15) is 9.59 Å². The van der Waals surface area contributed by atoms with Gasteiger partial charge in [0.05, 0.1) is 20.4 Å². The van der Waals surface area contributed by atoms with Gasteiger partial charge in [0.1, 0.15) is 5.70 Å². The number of hydrogen-bond donors (Lipinski definition) is 2. The molecule has 0 saturated heterocycles. The van der Waals surface area contributed by atoms with Crippen LogP contribution in [0.5, 0.6) is 11.5 Å². The van der Waals surface area contributed by atoms with Gasteiger partial charge in [-0.3, -0.25) is 9.59 Å². The zero-order valence-corrected chi connectivity index (χ0v) is 20.1. The van der Waals surface area contributed by atoms with E-state index in [2.05, 4.69) is 15.8 Å². The molecule has 0 aliphatic carbocycles. The van der Waals surface area contributed by atoms with E-state index in [4.69, 9.17) is 9.47 Å². The molecule has 0 atom stereocenters. The van der Waals surface area contributed by atoms with Gasteiger partial charge in [-0.25, -0.2) is 5.43 Å². The third kappa shape index (κ3) is 6.70. The van der Waals surface area contributed by atoms with Gasteiger partial charge in [-0.15, -0.1) is 0 Å². The lowest BCUT2D eigenvalue weighted by Gasteiger charge is -2.13. The molecule has 3 rings (SSSR count). The number of anilines is 1. The summed E-state index contributed by atoms with van der Waals surface area (Å²) >= 11 is 0. The number of amides is 2. The average Bonchev–Trinajstić information content (AvgIpc) is 2.88. The highest BCUT2D eigenvalue weighted by Crippen LogP contribution is 2.29. The third-order valence-electron chi connectivity index (χ3n) is 5.05. The Morgan fingerprint density at radius 2 is 1.60 bits per heavy atom. The summed E-state index contributed by atoms with van der Waals surface area (Å²) in [5.74, 6) is 0.0428. The largest absolute Gasteiger partial charge is 0.493 e. The number of nitrogens with one attached hydrogen (secondary N) is 2. The highest BCUT2D eigenvalue weighted by Gasteiger charge is 2.15. The van der Waals surface area contributed by atoms with Crippen LogP contribution < -0.4 is 25.1 Å². The zero-order chi connectivity index (χ0) is 25.2. The van der Waals surface area contributed by atoms with Gasteiger partial charge in [-0.2, -0.15) is 5.10 Å². The van der Waals surface area contributed by atoms with Crippen molar-refractivity contribution in [2.45, 2.75) is 0 Å². The molecule has 0 saturated carbocycles. The molecule has 0 spiro atoms. The Kier molecular flexibility index (Phi) is 8.61. The Bertz CT molecular complexity index is 1220. The number of methoxy groups -OCH3 is 2. The number of benzene rings is 3. The van der Waals surface area contributed by atoms with Crippen LogP contribution in [0, 0.1) is 0 Å². The van der Waals surface area contributed by atoms with Crippen LogP contribution in [-0.4, -0.2) is 46.3 Å². The van der Waals surface area contributed by atoms with Gasteiger partial charge < -0.3 is 19.7 Å². The van der Waals surface area contributed by atoms with E-state index in [-0.39, 0.29) is 5.70 Å². The normalized spacial score (nSPS) is 11.1. The molecule has 0 aliphatic rings. The van der Waals surface area contributed by atoms with Crippen molar-refractivity contribution in [3.05, 3.63) is 95.2 Å². The number of rotatable bonds is 9. The molecular weight excluding hydrogens is 444 g/mol. The number of nitrogens with zero attached hydrogens (tertiary/aromatic N) is 2. The smallest absolute Gasteiger partial charge is 0.287 e. The van der Waals surface area contributed by atoms with E-state index in [0.29, 0.717) is 22.6 Å². The van der Waals surface area contributed by atoms with E-state index in [1.54, 1.807) is 48.5 Å². The molecule has 180 valence electrons. The predicted octanol–water partition coefficient (Wildman–Crippen LogP) is 3.69. The molecule has 0 radical (unpaired) electrons. The van der Waals surface area contributed by atoms with Gasteiger partial charge >= 0.3 is 0 Å². The summed E-state index contributed by atoms with van der Waals surface area (Å²) in [4.78, 5) is 27.7. The first kappa shape index (κ1) is 25.0. The Labute approximate surface area is 204 Å². The first-order chi connectivity index (χ1) is 16.9. The van der Waals surface area contributed by atoms with E-state index in [1.807, 2.05) is 49.3 Å². The van der Waals surface area contributed by atoms with Crippen LogP contribution in [-0.2, 0) is 4.79 Å². The minimum absolute atomic E-state index is 0.0474. The fourth-order valence-corrected chi connectivity index (χ4v) is 3.21. The van der Waals surface area contributed by atoms with Crippen molar-refractivity contribution in [3.63, 3.8) is 0 Å². The van der Waals surface area contributed by atoms with Gasteiger partial charge in [0.15, 0.2) is 11.5 Å². The van der Waals surface area contributed by atoms with Gasteiger partial charge in [-0.1, -0.05) is 36.4 Å². The molecule has 3 aromatic carbocycles. The lowest BCUT2D eigenvalue weighted by atomic mass is 10.1. The maximum Gasteiger partial charge on any atom is 0.287 e. The van der Waals surface area contributed by atoms with E-state index in [0.717, 1.165) is 11.3 Å². The SMILES string of the molecule is COc1cccc(/C=N/NC(=O)/C(=C\c2ccc(N(C)C)cc2)NC(=O)c2ccccc2)c1OC. The Hall–Kier alpha value is -4.59. The standard InChI is InChI=1S/C27H28N4O4/c1-31(2)22-15-13-19(14-16-22)17-23(29-26(32)20-9-6-5-7-10-20)27(33)30-28-18-21-11-8-12-24(34-3)25(21)35-4/h5-18H,1-4H3,(H,29,32)(H,30,33)/b23-17+,28-18+. The minimum atomic E-state index is -0.580. The van der Waals surface area contributed by atoms with E-state index in [1.165, 1.54) is 20.4 Å². The number of carbonyl (C=O) groups is 2. The maximum absolute atomic E-state index is 13.0. The summed E-state index contributed by atoms with van der Waals surface area (Å²) in [6, 6.07) is 21.6. The highest BCUT2D eigenvalue weighted by atomic mass is 16.5. The molecular formula is C27H28N4O4. The molecule has 0 aliphatic heterocycles. The Balaban J connectivity index is 1.84. The van der Waals surface area contributed by atoms with Crippen LogP contribution in [0.3, 0.4) is 0 Å². The molecule has 0 heterocycles. The second-order valence-electron chi connectivity index (χ2n) is 7.65. The number of para-hydroxylation sites is 1. The lowest BCUT2D eigenvalue weighted by Crippen LogP contribution is -2.32. The summed E-state index contributed by atoms with van der Waals surface area (Å²) in [5.41, 5.74) is 5.32. The van der Waals surface area contributed by atoms with Crippen molar-refractivity contribution in [1.29, 1.82) is 0 Å². The maximum atomic E-state index is 13.0. The van der Waals surface area contributed by atoms with Crippen molar-refractivity contribution in [3.8, 4) is 11.5 Å². The van der Waals surface area contributed by atoms with Gasteiger partial charge in [0.2, 0.25) is 0 Å². The number of hydrogen-bond acceptors (Lipinski definition) is 6. The molecule has 2 N–H and O–H groups in total. The zero-order valence-electron chi connectivity index (χ0n) is 20.1. The molecule has 35 heavy (non-hydrogen) atoms. The van der Waals surface area contributed by atoms with Crippen LogP contribution >= 0.6 is 0 Å². The van der Waals surface area contributed by atoms with Crippen molar-refractivity contribution in [2.24, 2.45) is 5.10 Å². The minimum Gasteiger partial charge on any atom is -0.493 e. The lowest BCUT2D eigenvalue weighted by molar-refractivity contribution is -0.117. The Morgan fingerprint density at radius 3 is 2.23 bits per heavy atom. The topological polar surface area (TPSA) is 92.3 Å². The highest BCUT2D eigenvalue weighted by molar-refractivity contribution is 6.05. The van der Waals surface area contributed by atoms with Gasteiger partial charge in [0.25, 0.3) is 11.8 Å². The number of hydrazone groups is 1. The summed E-state index contributed by atoms with van der Waals surface area (Å²) in [5, 5.41) is 6.74. The number of ether oxygens (including phenoxy) is 2. The third-order valence-corrected chi connectivity index (χ3v) is 5.05. The quantitative estimate of drug-likeness (QED) is 0.282. The summed E-state index contributed by atoms with van der Waals surface area (Å²) in [7, 11) is 6.95. The van der Waals surface area contributed by atoms with Crippen molar-refractivity contribution < 1.29 is 19.1 Å². The molecule has 0 bridgehead atoms. The van der Waals surface area contributed by atoms with Crippen molar-refractivity contribution in [1.82, 2.24) is 10.7 Å². The number of carbonyl (C=O) groups excluding carboxylic acids is 2. The van der Waals surface area contributed by atoms with Crippen LogP contribution in [0.25, 0.3) is 6.08 Å². The van der Waals surface area contributed by atoms with Crippen LogP contribution in [0.1, 0.15) is 21.5 Å². The second kappa shape index (κ2) is 12.0. The summed E-state index contributed by atoms with van der Waals surface area (Å²) < 4.78 is 10.7. The second-order valence-corrected chi connectivity index (χ2v) is 7.65. The van der Waals surface area contributed by atoms with Crippen molar-refractivity contribution in [2.75, 3.05) is 33.2 Å². The molecule has 8 nitrogen and oxygen atoms in total. The molecule has 0 aromatic heterocycles. The fraction of sp³-hybridized carbons (Fsp3) is 0.148. The predicted molar refractivity (Wildman–Crippen MR) is 138 cm³/mol. The monoisotopic (exact) mass is 472 g/mol. The average molecular weight is 473 g/mol. The summed E-state index contributed by atoms with van der Waals surface area (Å²) in [6.07, 6.45) is 3.04. The van der Waals surface area contributed by atoms with E-state index < -0.39 is 11.8 Å². The van der Waals surface area contributed by atoms with Gasteiger partial charge in [-0.05, 0) is 48.0 Å². The summed E-state index contributed by atoms with van der Waals surface area (Å²) in [6.45, 7) is 0. The van der Waals surface area contributed by atoms with Crippen molar-refractivity contribution >= 4 is 29.8 Å². The van der Waals surface area contributed by atoms with Crippen LogP contribution in [0.2, 0.25) is 0 Å². The molecule has 2 amide bonds. The molecule has 8 heteroatoms. The van der Waals surface area contributed by atoms with Crippen LogP contribution in [0.4, 0.5) is 5.69 Å². The Morgan fingerprint density at radius 1 is 0.886 bits per heavy atom. The van der Waals surface area contributed by atoms with Crippen LogP contribution in [0.15, 0.2) is 83.6 Å². The molecule has 0 unspecified atom stereocenters. The molecule has 0 fully saturated rings. The van der Waals surface area contributed by atoms with Gasteiger partial charge in [0, 0.05) is 30.9 Å². The molecule has 3 aromatic rings. The first-order valence-electron chi connectivity index (χ1n) is 10.8. The van der Waals surface area contributed by atoms with E-state index >= 15 is 0 Å².